The van der Waals surface area contributed by atoms with Crippen LogP contribution in [0.25, 0.3) is 0 Å². The van der Waals surface area contributed by atoms with Gasteiger partial charge in [0.25, 0.3) is 0 Å². The Morgan fingerprint density at radius 3 is 2.47 bits per heavy atom. The van der Waals surface area contributed by atoms with Crippen molar-refractivity contribution in [3.8, 4) is 0 Å². The Balaban J connectivity index is 2.66. The predicted octanol–water partition coefficient (Wildman–Crippen LogP) is 3.00. The predicted molar refractivity (Wildman–Crippen MR) is 77.6 cm³/mol. The second-order valence-corrected chi connectivity index (χ2v) is 4.55. The van der Waals surface area contributed by atoms with Crippen LogP contribution >= 0.6 is 11.6 Å². The van der Waals surface area contributed by atoms with Gasteiger partial charge in [0.1, 0.15) is 0 Å². The van der Waals surface area contributed by atoms with Crippen molar-refractivity contribution in [1.82, 2.24) is 5.32 Å². The Morgan fingerprint density at radius 2 is 1.95 bits per heavy atom. The second-order valence-electron chi connectivity index (χ2n) is 4.14. The maximum absolute atomic E-state index is 11.5. The molecule has 19 heavy (non-hydrogen) atoms. The molecule has 0 radical (unpaired) electrons. The van der Waals surface area contributed by atoms with Crippen LogP contribution in [0.15, 0.2) is 30.4 Å². The molecule has 0 aliphatic carbocycles. The number of rotatable bonds is 4. The normalized spacial score (nSPS) is 9.63. The Bertz CT molecular complexity index is 515. The molecule has 0 aliphatic heterocycles. The third-order valence-electron chi connectivity index (χ3n) is 2.09. The number of carbonyl (C=O) groups excluding carboxylic acids is 2. The fraction of sp³-hybridized carbons (Fsp3) is 0.231. The molecule has 0 saturated carbocycles. The summed E-state index contributed by atoms with van der Waals surface area (Å²) < 4.78 is 0. The molecular formula is C13H16ClN3O2. The average molecular weight is 282 g/mol. The second kappa shape index (κ2) is 6.80. The highest BCUT2D eigenvalue weighted by molar-refractivity contribution is 6.34. The minimum Gasteiger partial charge on any atom is -0.334 e. The first-order chi connectivity index (χ1) is 8.88. The lowest BCUT2D eigenvalue weighted by Crippen LogP contribution is -2.29. The molecule has 3 N–H and O–H groups in total. The molecule has 0 heterocycles. The van der Waals surface area contributed by atoms with Gasteiger partial charge < -0.3 is 16.0 Å². The lowest BCUT2D eigenvalue weighted by atomic mass is 10.2. The molecule has 0 atom stereocenters. The zero-order valence-corrected chi connectivity index (χ0v) is 11.6. The minimum absolute atomic E-state index is 0.184. The summed E-state index contributed by atoms with van der Waals surface area (Å²) in [6.45, 7) is 7.30. The molecule has 1 aromatic carbocycles. The molecule has 0 spiro atoms. The highest BCUT2D eigenvalue weighted by Crippen LogP contribution is 2.25. The molecule has 102 valence electrons. The standard InChI is InChI=1S/C13H16ClN3O2/c1-8(2)7-15-13(19)17-12-5-4-10(6-11(12)14)16-9(3)18/h4-6H,1,7H2,2-3H3,(H,16,18)(H2,15,17,19). The summed E-state index contributed by atoms with van der Waals surface area (Å²) in [6, 6.07) is 4.48. The van der Waals surface area contributed by atoms with Crippen LogP contribution in [0.4, 0.5) is 16.2 Å². The van der Waals surface area contributed by atoms with Crippen LogP contribution in [0.5, 0.6) is 0 Å². The zero-order valence-electron chi connectivity index (χ0n) is 10.8. The van der Waals surface area contributed by atoms with Gasteiger partial charge in [0, 0.05) is 19.2 Å². The van der Waals surface area contributed by atoms with Crippen LogP contribution in [-0.2, 0) is 4.79 Å². The first-order valence-electron chi connectivity index (χ1n) is 5.65. The zero-order chi connectivity index (χ0) is 14.4. The summed E-state index contributed by atoms with van der Waals surface area (Å²) >= 11 is 6.01. The van der Waals surface area contributed by atoms with Gasteiger partial charge in [0.2, 0.25) is 5.91 Å². The largest absolute Gasteiger partial charge is 0.334 e. The van der Waals surface area contributed by atoms with E-state index in [-0.39, 0.29) is 11.9 Å². The number of hydrogen-bond donors (Lipinski definition) is 3. The molecule has 3 amide bonds. The van der Waals surface area contributed by atoms with Gasteiger partial charge in [-0.15, -0.1) is 0 Å². The van der Waals surface area contributed by atoms with Crippen LogP contribution < -0.4 is 16.0 Å². The number of hydrogen-bond acceptors (Lipinski definition) is 2. The van der Waals surface area contributed by atoms with Crippen LogP contribution in [0.1, 0.15) is 13.8 Å². The summed E-state index contributed by atoms with van der Waals surface area (Å²) in [4.78, 5) is 22.4. The maximum atomic E-state index is 11.5. The van der Waals surface area contributed by atoms with Crippen molar-refractivity contribution in [2.45, 2.75) is 13.8 Å². The highest BCUT2D eigenvalue weighted by Gasteiger charge is 2.06. The monoisotopic (exact) mass is 281 g/mol. The van der Waals surface area contributed by atoms with Gasteiger partial charge in [-0.05, 0) is 25.1 Å². The molecule has 1 rings (SSSR count). The average Bonchev–Trinajstić information content (AvgIpc) is 2.29. The molecule has 6 heteroatoms. The third-order valence-corrected chi connectivity index (χ3v) is 2.40. The van der Waals surface area contributed by atoms with E-state index in [1.807, 2.05) is 6.92 Å². The summed E-state index contributed by atoms with van der Waals surface area (Å²) in [5, 5.41) is 8.18. The highest BCUT2D eigenvalue weighted by atomic mass is 35.5. The SMILES string of the molecule is C=C(C)CNC(=O)Nc1ccc(NC(C)=O)cc1Cl. The number of urea groups is 1. The van der Waals surface area contributed by atoms with E-state index in [1.54, 1.807) is 18.2 Å². The van der Waals surface area contributed by atoms with Crippen molar-refractivity contribution < 1.29 is 9.59 Å². The van der Waals surface area contributed by atoms with E-state index in [0.717, 1.165) is 5.57 Å². The molecule has 0 aliphatic rings. The van der Waals surface area contributed by atoms with Crippen LogP contribution in [0.2, 0.25) is 5.02 Å². The van der Waals surface area contributed by atoms with Crippen molar-refractivity contribution in [2.75, 3.05) is 17.2 Å². The van der Waals surface area contributed by atoms with Gasteiger partial charge in [-0.3, -0.25) is 4.79 Å². The van der Waals surface area contributed by atoms with E-state index in [2.05, 4.69) is 22.5 Å². The molecule has 1 aromatic rings. The Hall–Kier alpha value is -2.01. The maximum Gasteiger partial charge on any atom is 0.319 e. The fourth-order valence-corrected chi connectivity index (χ4v) is 1.52. The summed E-state index contributed by atoms with van der Waals surface area (Å²) in [5.74, 6) is -0.184. The summed E-state index contributed by atoms with van der Waals surface area (Å²) in [6.07, 6.45) is 0. The van der Waals surface area contributed by atoms with E-state index in [1.165, 1.54) is 6.92 Å². The van der Waals surface area contributed by atoms with Crippen LogP contribution in [0, 0.1) is 0 Å². The summed E-state index contributed by atoms with van der Waals surface area (Å²) in [7, 11) is 0. The molecule has 0 bridgehead atoms. The quantitative estimate of drug-likeness (QED) is 0.743. The molecule has 5 nitrogen and oxygen atoms in total. The summed E-state index contributed by atoms with van der Waals surface area (Å²) in [5.41, 5.74) is 1.89. The van der Waals surface area contributed by atoms with Crippen LogP contribution in [0.3, 0.4) is 0 Å². The van der Waals surface area contributed by atoms with Crippen molar-refractivity contribution >= 4 is 34.9 Å². The van der Waals surface area contributed by atoms with Gasteiger partial charge in [0.15, 0.2) is 0 Å². The molecule has 0 fully saturated rings. The lowest BCUT2D eigenvalue weighted by molar-refractivity contribution is -0.114. The van der Waals surface area contributed by atoms with E-state index in [9.17, 15) is 9.59 Å². The number of amides is 3. The number of nitrogens with one attached hydrogen (secondary N) is 3. The van der Waals surface area contributed by atoms with E-state index < -0.39 is 0 Å². The van der Waals surface area contributed by atoms with Crippen molar-refractivity contribution in [2.24, 2.45) is 0 Å². The van der Waals surface area contributed by atoms with Gasteiger partial charge in [-0.25, -0.2) is 4.79 Å². The van der Waals surface area contributed by atoms with Gasteiger partial charge in [-0.1, -0.05) is 23.8 Å². The number of halogens is 1. The lowest BCUT2D eigenvalue weighted by Gasteiger charge is -2.10. The van der Waals surface area contributed by atoms with Crippen molar-refractivity contribution in [3.63, 3.8) is 0 Å². The minimum atomic E-state index is -0.364. The first kappa shape index (κ1) is 15.0. The smallest absolute Gasteiger partial charge is 0.319 e. The molecule has 0 aromatic heterocycles. The van der Waals surface area contributed by atoms with Crippen LogP contribution in [-0.4, -0.2) is 18.5 Å². The fourth-order valence-electron chi connectivity index (χ4n) is 1.30. The Kier molecular flexibility index (Phi) is 5.38. The Labute approximate surface area is 117 Å². The number of anilines is 2. The van der Waals surface area contributed by atoms with E-state index in [0.29, 0.717) is 22.9 Å². The van der Waals surface area contributed by atoms with E-state index in [4.69, 9.17) is 11.6 Å². The molecular weight excluding hydrogens is 266 g/mol. The van der Waals surface area contributed by atoms with Crippen molar-refractivity contribution in [1.29, 1.82) is 0 Å². The van der Waals surface area contributed by atoms with Crippen molar-refractivity contribution in [3.05, 3.63) is 35.4 Å². The number of carbonyl (C=O) groups is 2. The number of benzene rings is 1. The Morgan fingerprint density at radius 1 is 1.26 bits per heavy atom. The van der Waals surface area contributed by atoms with E-state index >= 15 is 0 Å². The first-order valence-corrected chi connectivity index (χ1v) is 6.02. The topological polar surface area (TPSA) is 70.2 Å². The molecule has 0 saturated heterocycles. The molecule has 0 unspecified atom stereocenters. The third kappa shape index (κ3) is 5.44. The van der Waals surface area contributed by atoms with Gasteiger partial charge in [-0.2, -0.15) is 0 Å². The van der Waals surface area contributed by atoms with Gasteiger partial charge >= 0.3 is 6.03 Å². The van der Waals surface area contributed by atoms with Gasteiger partial charge in [0.05, 0.1) is 10.7 Å².